The van der Waals surface area contributed by atoms with Gasteiger partial charge in [-0.15, -0.1) is 11.6 Å². The standard InChI is InChI=1S/C15H20ClN3/c1-10-4-5-12-14(17-10)19(13(18-12)6-7-16)9-11-8-15(11,2)3/h4-5,11H,6-9H2,1-3H3. The maximum atomic E-state index is 5.90. The van der Waals surface area contributed by atoms with Crippen molar-refractivity contribution in [1.29, 1.82) is 0 Å². The van der Waals surface area contributed by atoms with E-state index in [2.05, 4.69) is 34.4 Å². The first-order valence-corrected chi connectivity index (χ1v) is 7.43. The van der Waals surface area contributed by atoms with Gasteiger partial charge in [-0.2, -0.15) is 0 Å². The lowest BCUT2D eigenvalue weighted by Gasteiger charge is -2.09. The molecule has 1 atom stereocenters. The van der Waals surface area contributed by atoms with Crippen molar-refractivity contribution in [1.82, 2.24) is 14.5 Å². The third-order valence-corrected chi connectivity index (χ3v) is 4.44. The number of hydrogen-bond donors (Lipinski definition) is 0. The number of pyridine rings is 1. The molecule has 0 bridgehead atoms. The van der Waals surface area contributed by atoms with Gasteiger partial charge in [0, 0.05) is 24.5 Å². The Bertz CT molecular complexity index is 615. The lowest BCUT2D eigenvalue weighted by molar-refractivity contribution is 0.495. The van der Waals surface area contributed by atoms with Crippen LogP contribution in [0.25, 0.3) is 11.2 Å². The van der Waals surface area contributed by atoms with Crippen molar-refractivity contribution in [3.8, 4) is 0 Å². The summed E-state index contributed by atoms with van der Waals surface area (Å²) >= 11 is 5.90. The van der Waals surface area contributed by atoms with Crippen molar-refractivity contribution in [3.63, 3.8) is 0 Å². The minimum absolute atomic E-state index is 0.471. The van der Waals surface area contributed by atoms with Crippen LogP contribution in [0, 0.1) is 18.3 Å². The Balaban J connectivity index is 2.02. The Morgan fingerprint density at radius 2 is 2.11 bits per heavy atom. The summed E-state index contributed by atoms with van der Waals surface area (Å²) in [5.41, 5.74) is 3.52. The minimum Gasteiger partial charge on any atom is -0.312 e. The molecule has 1 aliphatic carbocycles. The first kappa shape index (κ1) is 12.9. The van der Waals surface area contributed by atoms with Gasteiger partial charge >= 0.3 is 0 Å². The van der Waals surface area contributed by atoms with Crippen molar-refractivity contribution in [2.75, 3.05) is 5.88 Å². The number of halogens is 1. The van der Waals surface area contributed by atoms with E-state index in [1.54, 1.807) is 0 Å². The smallest absolute Gasteiger partial charge is 0.160 e. The molecule has 3 nitrogen and oxygen atoms in total. The molecule has 2 heterocycles. The van der Waals surface area contributed by atoms with E-state index in [-0.39, 0.29) is 0 Å². The van der Waals surface area contributed by atoms with E-state index in [1.165, 1.54) is 6.42 Å². The van der Waals surface area contributed by atoms with Gasteiger partial charge in [0.05, 0.1) is 0 Å². The molecule has 0 N–H and O–H groups in total. The fourth-order valence-corrected chi connectivity index (χ4v) is 2.89. The predicted molar refractivity (Wildman–Crippen MR) is 78.6 cm³/mol. The summed E-state index contributed by atoms with van der Waals surface area (Å²) in [6.07, 6.45) is 2.10. The molecule has 0 amide bonds. The van der Waals surface area contributed by atoms with Crippen molar-refractivity contribution in [2.45, 2.75) is 40.2 Å². The molecule has 0 aromatic carbocycles. The molecule has 1 unspecified atom stereocenters. The second-order valence-electron chi connectivity index (χ2n) is 6.26. The lowest BCUT2D eigenvalue weighted by atomic mass is 10.1. The molecule has 0 saturated heterocycles. The maximum absolute atomic E-state index is 5.90. The number of alkyl halides is 1. The SMILES string of the molecule is Cc1ccc2nc(CCCl)n(CC3CC3(C)C)c2n1. The molecule has 0 radical (unpaired) electrons. The fourth-order valence-electron chi connectivity index (χ4n) is 2.72. The number of hydrogen-bond acceptors (Lipinski definition) is 2. The van der Waals surface area contributed by atoms with E-state index in [9.17, 15) is 0 Å². The highest BCUT2D eigenvalue weighted by Crippen LogP contribution is 2.52. The van der Waals surface area contributed by atoms with Crippen LogP contribution < -0.4 is 0 Å². The van der Waals surface area contributed by atoms with Crippen molar-refractivity contribution >= 4 is 22.8 Å². The van der Waals surface area contributed by atoms with Gasteiger partial charge in [0.15, 0.2) is 5.65 Å². The molecular formula is C15H20ClN3. The second kappa shape index (κ2) is 4.48. The summed E-state index contributed by atoms with van der Waals surface area (Å²) in [5.74, 6) is 2.42. The topological polar surface area (TPSA) is 30.7 Å². The lowest BCUT2D eigenvalue weighted by Crippen LogP contribution is -2.09. The van der Waals surface area contributed by atoms with Crippen LogP contribution in [0.5, 0.6) is 0 Å². The monoisotopic (exact) mass is 277 g/mol. The summed E-state index contributed by atoms with van der Waals surface area (Å²) < 4.78 is 2.28. The molecule has 4 heteroatoms. The molecule has 3 rings (SSSR count). The molecular weight excluding hydrogens is 258 g/mol. The number of fused-ring (bicyclic) bond motifs is 1. The van der Waals surface area contributed by atoms with E-state index in [0.29, 0.717) is 11.3 Å². The zero-order chi connectivity index (χ0) is 13.6. The number of imidazole rings is 1. The predicted octanol–water partition coefficient (Wildman–Crippen LogP) is 3.57. The third kappa shape index (κ3) is 2.36. The number of rotatable bonds is 4. The molecule has 1 fully saturated rings. The van der Waals surface area contributed by atoms with Crippen LogP contribution in [0.4, 0.5) is 0 Å². The van der Waals surface area contributed by atoms with E-state index < -0.39 is 0 Å². The van der Waals surface area contributed by atoms with Gasteiger partial charge in [0.25, 0.3) is 0 Å². The number of aryl methyl sites for hydroxylation is 2. The van der Waals surface area contributed by atoms with Gasteiger partial charge in [0.1, 0.15) is 11.3 Å². The van der Waals surface area contributed by atoms with Crippen LogP contribution in [-0.2, 0) is 13.0 Å². The fraction of sp³-hybridized carbons (Fsp3) is 0.600. The van der Waals surface area contributed by atoms with E-state index in [4.69, 9.17) is 11.6 Å². The maximum Gasteiger partial charge on any atom is 0.160 e. The van der Waals surface area contributed by atoms with E-state index in [0.717, 1.165) is 41.6 Å². The van der Waals surface area contributed by atoms with Gasteiger partial charge in [-0.05, 0) is 36.8 Å². The average molecular weight is 278 g/mol. The Labute approximate surface area is 119 Å². The van der Waals surface area contributed by atoms with Gasteiger partial charge in [-0.3, -0.25) is 0 Å². The number of nitrogens with zero attached hydrogens (tertiary/aromatic N) is 3. The van der Waals surface area contributed by atoms with Gasteiger partial charge < -0.3 is 4.57 Å². The van der Waals surface area contributed by atoms with Crippen LogP contribution >= 0.6 is 11.6 Å². The quantitative estimate of drug-likeness (QED) is 0.800. The summed E-state index contributed by atoms with van der Waals surface area (Å²) in [6.45, 7) is 7.71. The Kier molecular flexibility index (Phi) is 3.05. The van der Waals surface area contributed by atoms with E-state index in [1.807, 2.05) is 13.0 Å². The Morgan fingerprint density at radius 1 is 1.37 bits per heavy atom. The Morgan fingerprint density at radius 3 is 2.74 bits per heavy atom. The third-order valence-electron chi connectivity index (χ3n) is 4.25. The van der Waals surface area contributed by atoms with Gasteiger partial charge in [0.2, 0.25) is 0 Å². The van der Waals surface area contributed by atoms with Crippen LogP contribution in [0.1, 0.15) is 31.8 Å². The van der Waals surface area contributed by atoms with Gasteiger partial charge in [-0.25, -0.2) is 9.97 Å². The first-order chi connectivity index (χ1) is 9.01. The van der Waals surface area contributed by atoms with E-state index >= 15 is 0 Å². The highest BCUT2D eigenvalue weighted by molar-refractivity contribution is 6.17. The molecule has 0 aliphatic heterocycles. The normalized spacial score (nSPS) is 20.9. The zero-order valence-corrected chi connectivity index (χ0v) is 12.5. The highest BCUT2D eigenvalue weighted by atomic mass is 35.5. The van der Waals surface area contributed by atoms with Crippen molar-refractivity contribution in [2.24, 2.45) is 11.3 Å². The molecule has 2 aromatic rings. The van der Waals surface area contributed by atoms with Crippen LogP contribution in [0.15, 0.2) is 12.1 Å². The summed E-state index contributed by atoms with van der Waals surface area (Å²) in [7, 11) is 0. The Hall–Kier alpha value is -1.09. The van der Waals surface area contributed by atoms with Crippen LogP contribution in [-0.4, -0.2) is 20.4 Å². The molecule has 2 aromatic heterocycles. The molecule has 1 aliphatic rings. The van der Waals surface area contributed by atoms with Crippen LogP contribution in [0.3, 0.4) is 0 Å². The largest absolute Gasteiger partial charge is 0.312 e. The van der Waals surface area contributed by atoms with Gasteiger partial charge in [-0.1, -0.05) is 13.8 Å². The average Bonchev–Trinajstić information content (AvgIpc) is 2.80. The first-order valence-electron chi connectivity index (χ1n) is 6.90. The molecule has 19 heavy (non-hydrogen) atoms. The zero-order valence-electron chi connectivity index (χ0n) is 11.8. The minimum atomic E-state index is 0.471. The van der Waals surface area contributed by atoms with Crippen molar-refractivity contribution < 1.29 is 0 Å². The highest BCUT2D eigenvalue weighted by Gasteiger charge is 2.45. The summed E-state index contributed by atoms with van der Waals surface area (Å²) in [4.78, 5) is 9.35. The second-order valence-corrected chi connectivity index (χ2v) is 6.64. The molecule has 1 saturated carbocycles. The van der Waals surface area contributed by atoms with Crippen molar-refractivity contribution in [3.05, 3.63) is 23.7 Å². The molecule has 102 valence electrons. The summed E-state index contributed by atoms with van der Waals surface area (Å²) in [5, 5.41) is 0. The number of aromatic nitrogens is 3. The molecule has 0 spiro atoms. The summed E-state index contributed by atoms with van der Waals surface area (Å²) in [6, 6.07) is 4.08. The van der Waals surface area contributed by atoms with Crippen LogP contribution in [0.2, 0.25) is 0 Å².